The number of nitrogens with zero attached hydrogens (tertiary/aromatic N) is 2. The van der Waals surface area contributed by atoms with Crippen LogP contribution < -0.4 is 0 Å². The zero-order valence-electron chi connectivity index (χ0n) is 16.7. The molecule has 1 aromatic rings. The van der Waals surface area contributed by atoms with Gasteiger partial charge < -0.3 is 18.9 Å². The van der Waals surface area contributed by atoms with Gasteiger partial charge in [0.15, 0.2) is 0 Å². The number of nitriles is 2. The van der Waals surface area contributed by atoms with Gasteiger partial charge in [-0.2, -0.15) is 10.5 Å². The normalized spacial score (nSPS) is 24.4. The third-order valence-electron chi connectivity index (χ3n) is 5.41. The maximum Gasteiger partial charge on any atom is 0.258 e. The Hall–Kier alpha value is -1.96. The Kier molecular flexibility index (Phi) is 6.29. The second-order valence-corrected chi connectivity index (χ2v) is 6.43. The molecule has 1 aliphatic carbocycles. The molecule has 146 valence electrons. The molecule has 0 aliphatic heterocycles. The van der Waals surface area contributed by atoms with E-state index in [1.807, 2.05) is 51.1 Å². The average Bonchev–Trinajstić information content (AvgIpc) is 2.69. The lowest BCUT2D eigenvalue weighted by Crippen LogP contribution is -2.91. The second-order valence-electron chi connectivity index (χ2n) is 6.43. The van der Waals surface area contributed by atoms with Crippen LogP contribution in [0.25, 0.3) is 0 Å². The first-order valence-corrected chi connectivity index (χ1v) is 9.41. The van der Waals surface area contributed by atoms with E-state index in [9.17, 15) is 10.5 Å². The summed E-state index contributed by atoms with van der Waals surface area (Å²) in [6.07, 6.45) is 0. The fraction of sp³-hybridized carbons (Fsp3) is 0.619. The third-order valence-corrected chi connectivity index (χ3v) is 5.41. The van der Waals surface area contributed by atoms with Crippen LogP contribution in [-0.4, -0.2) is 38.0 Å². The van der Waals surface area contributed by atoms with Crippen LogP contribution in [0.15, 0.2) is 30.3 Å². The van der Waals surface area contributed by atoms with E-state index < -0.39 is 22.4 Å². The van der Waals surface area contributed by atoms with E-state index in [0.29, 0.717) is 13.2 Å². The molecule has 0 N–H and O–H groups in total. The SMILES string of the molecule is CCOC1(OCC)C(C#N)(C#N)[C@@](C)(c2ccccc2)C1(OCC)OCC. The average molecular weight is 372 g/mol. The third kappa shape index (κ3) is 2.38. The largest absolute Gasteiger partial charge is 0.345 e. The summed E-state index contributed by atoms with van der Waals surface area (Å²) in [4.78, 5) is 0. The van der Waals surface area contributed by atoms with Gasteiger partial charge in [-0.05, 0) is 40.2 Å². The van der Waals surface area contributed by atoms with Crippen molar-refractivity contribution in [3.05, 3.63) is 35.9 Å². The monoisotopic (exact) mass is 372 g/mol. The van der Waals surface area contributed by atoms with Gasteiger partial charge in [-0.1, -0.05) is 30.3 Å². The highest BCUT2D eigenvalue weighted by Crippen LogP contribution is 2.72. The lowest BCUT2D eigenvalue weighted by molar-refractivity contribution is -0.519. The van der Waals surface area contributed by atoms with Crippen LogP contribution in [0, 0.1) is 28.1 Å². The van der Waals surface area contributed by atoms with Gasteiger partial charge in [-0.15, -0.1) is 0 Å². The van der Waals surface area contributed by atoms with Crippen molar-refractivity contribution < 1.29 is 18.9 Å². The van der Waals surface area contributed by atoms with Gasteiger partial charge in [0.25, 0.3) is 5.79 Å². The highest BCUT2D eigenvalue weighted by atomic mass is 16.8. The standard InChI is InChI=1S/C21H28N2O4/c1-6-24-20(25-7-2)18(5,17-13-11-10-12-14-17)19(15-22,16-23)21(20,26-8-3)27-9-4/h10-14H,6-9H2,1-5H3/t18-/m1/s1. The van der Waals surface area contributed by atoms with Crippen molar-refractivity contribution in [3.63, 3.8) is 0 Å². The maximum atomic E-state index is 10.2. The molecule has 0 bridgehead atoms. The smallest absolute Gasteiger partial charge is 0.258 e. The molecule has 6 heteroatoms. The maximum absolute atomic E-state index is 10.2. The highest BCUT2D eigenvalue weighted by Gasteiger charge is 2.93. The first kappa shape index (κ1) is 21.3. The summed E-state index contributed by atoms with van der Waals surface area (Å²) in [5.41, 5.74) is -2.05. The van der Waals surface area contributed by atoms with Crippen LogP contribution in [0.1, 0.15) is 40.2 Å². The van der Waals surface area contributed by atoms with Crippen molar-refractivity contribution in [2.24, 2.45) is 5.41 Å². The van der Waals surface area contributed by atoms with E-state index in [4.69, 9.17) is 18.9 Å². The topological polar surface area (TPSA) is 84.5 Å². The molecule has 0 saturated heterocycles. The molecule has 0 radical (unpaired) electrons. The zero-order chi connectivity index (χ0) is 20.2. The molecule has 2 rings (SSSR count). The van der Waals surface area contributed by atoms with Crippen LogP contribution >= 0.6 is 0 Å². The first-order chi connectivity index (χ1) is 13.0. The Morgan fingerprint density at radius 2 is 1.15 bits per heavy atom. The summed E-state index contributed by atoms with van der Waals surface area (Å²) in [5.74, 6) is -3.13. The van der Waals surface area contributed by atoms with Gasteiger partial charge in [0.05, 0.1) is 17.6 Å². The molecule has 1 aromatic carbocycles. The minimum Gasteiger partial charge on any atom is -0.345 e. The molecule has 0 amide bonds. The number of rotatable bonds is 9. The number of hydrogen-bond donors (Lipinski definition) is 0. The van der Waals surface area contributed by atoms with Crippen molar-refractivity contribution in [2.75, 3.05) is 26.4 Å². The minimum absolute atomic E-state index is 0.234. The lowest BCUT2D eigenvalue weighted by Gasteiger charge is -2.71. The lowest BCUT2D eigenvalue weighted by atomic mass is 9.40. The van der Waals surface area contributed by atoms with Crippen molar-refractivity contribution in [1.29, 1.82) is 10.5 Å². The van der Waals surface area contributed by atoms with Gasteiger partial charge in [-0.3, -0.25) is 0 Å². The van der Waals surface area contributed by atoms with Crippen molar-refractivity contribution in [1.82, 2.24) is 0 Å². The molecule has 1 fully saturated rings. The van der Waals surface area contributed by atoms with Gasteiger partial charge in [0.1, 0.15) is 0 Å². The second kappa shape index (κ2) is 7.96. The van der Waals surface area contributed by atoms with E-state index in [2.05, 4.69) is 12.1 Å². The van der Waals surface area contributed by atoms with Crippen LogP contribution in [-0.2, 0) is 24.4 Å². The van der Waals surface area contributed by atoms with Crippen LogP contribution in [0.3, 0.4) is 0 Å². The number of benzene rings is 1. The van der Waals surface area contributed by atoms with Crippen molar-refractivity contribution in [3.8, 4) is 12.1 Å². The summed E-state index contributed by atoms with van der Waals surface area (Å²) in [5, 5.41) is 20.5. The van der Waals surface area contributed by atoms with E-state index >= 15 is 0 Å². The van der Waals surface area contributed by atoms with E-state index in [-0.39, 0.29) is 13.2 Å². The molecule has 27 heavy (non-hydrogen) atoms. The molecule has 6 nitrogen and oxygen atoms in total. The van der Waals surface area contributed by atoms with Crippen molar-refractivity contribution >= 4 is 0 Å². The highest BCUT2D eigenvalue weighted by molar-refractivity contribution is 5.52. The molecule has 0 spiro atoms. The molecule has 0 heterocycles. The molecular weight excluding hydrogens is 344 g/mol. The molecular formula is C21H28N2O4. The van der Waals surface area contributed by atoms with E-state index in [1.54, 1.807) is 13.8 Å². The minimum atomic E-state index is -1.68. The van der Waals surface area contributed by atoms with Gasteiger partial charge in [0.2, 0.25) is 11.2 Å². The fourth-order valence-electron chi connectivity index (χ4n) is 4.44. The van der Waals surface area contributed by atoms with Crippen LogP contribution in [0.2, 0.25) is 0 Å². The Morgan fingerprint density at radius 1 is 0.741 bits per heavy atom. The predicted octanol–water partition coefficient (Wildman–Crippen LogP) is 3.53. The molecule has 1 atom stereocenters. The molecule has 1 aliphatic rings. The van der Waals surface area contributed by atoms with E-state index in [0.717, 1.165) is 5.56 Å². The number of ether oxygens (including phenoxy) is 4. The Balaban J connectivity index is 2.91. The van der Waals surface area contributed by atoms with E-state index in [1.165, 1.54) is 0 Å². The molecule has 0 unspecified atom stereocenters. The zero-order valence-corrected chi connectivity index (χ0v) is 16.7. The Morgan fingerprint density at radius 3 is 1.52 bits per heavy atom. The Labute approximate surface area is 161 Å². The quantitative estimate of drug-likeness (QED) is 0.617. The summed E-state index contributed by atoms with van der Waals surface area (Å²) >= 11 is 0. The first-order valence-electron chi connectivity index (χ1n) is 9.41. The van der Waals surface area contributed by atoms with Gasteiger partial charge >= 0.3 is 0 Å². The predicted molar refractivity (Wildman–Crippen MR) is 99.4 cm³/mol. The van der Waals surface area contributed by atoms with Crippen LogP contribution in [0.5, 0.6) is 0 Å². The molecule has 0 aromatic heterocycles. The summed E-state index contributed by atoms with van der Waals surface area (Å²) in [6.45, 7) is 10.2. The van der Waals surface area contributed by atoms with Gasteiger partial charge in [-0.25, -0.2) is 0 Å². The van der Waals surface area contributed by atoms with Crippen LogP contribution in [0.4, 0.5) is 0 Å². The Bertz CT molecular complexity index is 696. The summed E-state index contributed by atoms with van der Waals surface area (Å²) in [7, 11) is 0. The fourth-order valence-corrected chi connectivity index (χ4v) is 4.44. The summed E-state index contributed by atoms with van der Waals surface area (Å²) in [6, 6.07) is 13.8. The number of hydrogen-bond acceptors (Lipinski definition) is 6. The van der Waals surface area contributed by atoms with Gasteiger partial charge in [0, 0.05) is 26.4 Å². The van der Waals surface area contributed by atoms with Crippen molar-refractivity contribution in [2.45, 2.75) is 51.6 Å². The summed E-state index contributed by atoms with van der Waals surface area (Å²) < 4.78 is 24.4. The molecule has 1 saturated carbocycles.